The Bertz CT molecular complexity index is 495. The lowest BCUT2D eigenvalue weighted by atomic mass is 9.68. The summed E-state index contributed by atoms with van der Waals surface area (Å²) >= 11 is 0. The monoisotopic (exact) mass is 320 g/mol. The second-order valence-electron chi connectivity index (χ2n) is 7.82. The summed E-state index contributed by atoms with van der Waals surface area (Å²) in [7, 11) is 0. The molecule has 0 saturated heterocycles. The molecule has 0 aliphatic heterocycles. The van der Waals surface area contributed by atoms with Gasteiger partial charge in [-0.05, 0) is 73.8 Å². The van der Waals surface area contributed by atoms with Gasteiger partial charge >= 0.3 is 0 Å². The Balaban J connectivity index is 1.52. The van der Waals surface area contributed by atoms with Crippen molar-refractivity contribution in [2.24, 2.45) is 17.8 Å². The quantitative estimate of drug-likeness (QED) is 0.569. The fourth-order valence-electron chi connectivity index (χ4n) is 5.09. The summed E-state index contributed by atoms with van der Waals surface area (Å²) in [5.41, 5.74) is 0.607. The third-order valence-corrected chi connectivity index (χ3v) is 6.45. The molecular weight excluding hydrogens is 290 g/mol. The minimum absolute atomic E-state index is 0.221. The van der Waals surface area contributed by atoms with Crippen LogP contribution in [0.25, 0.3) is 0 Å². The van der Waals surface area contributed by atoms with Crippen molar-refractivity contribution in [2.45, 2.75) is 77.0 Å². The average molecular weight is 320 g/mol. The Kier molecular flexibility index (Phi) is 5.71. The molecule has 23 heavy (non-hydrogen) atoms. The van der Waals surface area contributed by atoms with E-state index in [0.717, 1.165) is 30.6 Å². The maximum Gasteiger partial charge on any atom is 0.162 e. The van der Waals surface area contributed by atoms with Gasteiger partial charge in [-0.3, -0.25) is 0 Å². The van der Waals surface area contributed by atoms with Crippen molar-refractivity contribution in [3.8, 4) is 0 Å². The maximum atomic E-state index is 14.0. The van der Waals surface area contributed by atoms with E-state index in [9.17, 15) is 8.78 Å². The molecule has 0 N–H and O–H groups in total. The first kappa shape index (κ1) is 16.9. The van der Waals surface area contributed by atoms with Crippen molar-refractivity contribution in [1.82, 2.24) is 0 Å². The minimum atomic E-state index is -0.695. The molecule has 3 rings (SSSR count). The van der Waals surface area contributed by atoms with Gasteiger partial charge in [0.15, 0.2) is 11.6 Å². The first-order chi connectivity index (χ1) is 11.2. The standard InChI is InChI=1S/C21H30F2/c1-2-4-15-7-9-16(10-8-15)17-11-13-18(14-12-17)19-5-3-6-20(22)21(19)23/h3,5-6,15-18H,2,4,7-14H2,1H3/t15-,16-,17?,18?. The molecule has 0 radical (unpaired) electrons. The zero-order chi connectivity index (χ0) is 16.2. The van der Waals surface area contributed by atoms with Crippen molar-refractivity contribution in [1.29, 1.82) is 0 Å². The van der Waals surface area contributed by atoms with Crippen molar-refractivity contribution in [3.63, 3.8) is 0 Å². The molecule has 0 nitrogen and oxygen atoms in total. The third kappa shape index (κ3) is 3.95. The third-order valence-electron chi connectivity index (χ3n) is 6.45. The van der Waals surface area contributed by atoms with E-state index in [-0.39, 0.29) is 5.92 Å². The normalized spacial score (nSPS) is 32.0. The molecule has 2 saturated carbocycles. The van der Waals surface area contributed by atoms with Crippen molar-refractivity contribution in [3.05, 3.63) is 35.4 Å². The van der Waals surface area contributed by atoms with Crippen LogP contribution >= 0.6 is 0 Å². The summed E-state index contributed by atoms with van der Waals surface area (Å²) < 4.78 is 27.4. The zero-order valence-electron chi connectivity index (χ0n) is 14.4. The summed E-state index contributed by atoms with van der Waals surface area (Å²) in [5.74, 6) is 1.59. The highest BCUT2D eigenvalue weighted by molar-refractivity contribution is 5.23. The van der Waals surface area contributed by atoms with Gasteiger partial charge in [-0.25, -0.2) is 8.78 Å². The largest absolute Gasteiger partial charge is 0.204 e. The molecule has 2 fully saturated rings. The molecule has 0 bridgehead atoms. The van der Waals surface area contributed by atoms with Gasteiger partial charge in [0, 0.05) is 0 Å². The summed E-state index contributed by atoms with van der Waals surface area (Å²) in [6, 6.07) is 4.65. The van der Waals surface area contributed by atoms with Gasteiger partial charge in [0.2, 0.25) is 0 Å². The van der Waals surface area contributed by atoms with Gasteiger partial charge in [0.05, 0.1) is 0 Å². The molecule has 0 unspecified atom stereocenters. The second-order valence-corrected chi connectivity index (χ2v) is 7.82. The SMILES string of the molecule is CCC[C@H]1CC[C@H](C2CCC(c3cccc(F)c3F)CC2)CC1. The highest BCUT2D eigenvalue weighted by Gasteiger charge is 2.32. The zero-order valence-corrected chi connectivity index (χ0v) is 14.4. The highest BCUT2D eigenvalue weighted by Crippen LogP contribution is 2.44. The van der Waals surface area contributed by atoms with E-state index in [1.54, 1.807) is 12.1 Å². The predicted octanol–water partition coefficient (Wildman–Crippen LogP) is 6.85. The highest BCUT2D eigenvalue weighted by atomic mass is 19.2. The van der Waals surface area contributed by atoms with E-state index in [2.05, 4.69) is 6.92 Å². The van der Waals surface area contributed by atoms with Gasteiger partial charge in [0.25, 0.3) is 0 Å². The second kappa shape index (κ2) is 7.77. The molecule has 1 aromatic carbocycles. The van der Waals surface area contributed by atoms with Crippen LogP contribution < -0.4 is 0 Å². The average Bonchev–Trinajstić information content (AvgIpc) is 2.59. The fraction of sp³-hybridized carbons (Fsp3) is 0.714. The summed E-state index contributed by atoms with van der Waals surface area (Å²) in [5, 5.41) is 0. The Labute approximate surface area is 139 Å². The van der Waals surface area contributed by atoms with E-state index in [1.807, 2.05) is 0 Å². The number of halogens is 2. The number of hydrogen-bond acceptors (Lipinski definition) is 0. The van der Waals surface area contributed by atoms with Crippen LogP contribution in [0.1, 0.15) is 82.6 Å². The van der Waals surface area contributed by atoms with Crippen LogP contribution in [0.15, 0.2) is 18.2 Å². The van der Waals surface area contributed by atoms with Gasteiger partial charge < -0.3 is 0 Å². The van der Waals surface area contributed by atoms with Crippen LogP contribution in [0, 0.1) is 29.4 Å². The van der Waals surface area contributed by atoms with E-state index < -0.39 is 11.6 Å². The van der Waals surface area contributed by atoms with E-state index in [0.29, 0.717) is 5.56 Å². The number of benzene rings is 1. The van der Waals surface area contributed by atoms with E-state index in [1.165, 1.54) is 57.4 Å². The number of hydrogen-bond donors (Lipinski definition) is 0. The maximum absolute atomic E-state index is 14.0. The van der Waals surface area contributed by atoms with Gasteiger partial charge in [-0.2, -0.15) is 0 Å². The molecule has 0 heterocycles. The molecular formula is C21H30F2. The van der Waals surface area contributed by atoms with Crippen LogP contribution in [0.2, 0.25) is 0 Å². The lowest BCUT2D eigenvalue weighted by Gasteiger charge is -2.38. The van der Waals surface area contributed by atoms with Crippen LogP contribution in [-0.4, -0.2) is 0 Å². The van der Waals surface area contributed by atoms with Crippen LogP contribution in [-0.2, 0) is 0 Å². The molecule has 1 aromatic rings. The molecule has 0 atom stereocenters. The Morgan fingerprint density at radius 1 is 0.870 bits per heavy atom. The molecule has 2 heteroatoms. The molecule has 128 valence electrons. The smallest absolute Gasteiger partial charge is 0.162 e. The van der Waals surface area contributed by atoms with Crippen molar-refractivity contribution < 1.29 is 8.78 Å². The summed E-state index contributed by atoms with van der Waals surface area (Å²) in [6.07, 6.45) is 12.8. The van der Waals surface area contributed by atoms with Gasteiger partial charge in [-0.1, -0.05) is 44.7 Å². The lowest BCUT2D eigenvalue weighted by Crippen LogP contribution is -2.25. The molecule has 0 amide bonds. The summed E-state index contributed by atoms with van der Waals surface area (Å²) in [6.45, 7) is 2.29. The van der Waals surface area contributed by atoms with Crippen LogP contribution in [0.3, 0.4) is 0 Å². The first-order valence-corrected chi connectivity index (χ1v) is 9.63. The molecule has 0 aromatic heterocycles. The topological polar surface area (TPSA) is 0 Å². The Hall–Kier alpha value is -0.920. The van der Waals surface area contributed by atoms with Gasteiger partial charge in [-0.15, -0.1) is 0 Å². The van der Waals surface area contributed by atoms with Gasteiger partial charge in [0.1, 0.15) is 0 Å². The molecule has 2 aliphatic rings. The van der Waals surface area contributed by atoms with E-state index in [4.69, 9.17) is 0 Å². The van der Waals surface area contributed by atoms with Crippen molar-refractivity contribution in [2.75, 3.05) is 0 Å². The Morgan fingerprint density at radius 2 is 1.48 bits per heavy atom. The summed E-state index contributed by atoms with van der Waals surface area (Å²) in [4.78, 5) is 0. The van der Waals surface area contributed by atoms with E-state index >= 15 is 0 Å². The lowest BCUT2D eigenvalue weighted by molar-refractivity contribution is 0.156. The van der Waals surface area contributed by atoms with Crippen LogP contribution in [0.4, 0.5) is 8.78 Å². The minimum Gasteiger partial charge on any atom is -0.204 e. The van der Waals surface area contributed by atoms with Crippen molar-refractivity contribution >= 4 is 0 Å². The first-order valence-electron chi connectivity index (χ1n) is 9.63. The predicted molar refractivity (Wildman–Crippen MR) is 91.4 cm³/mol. The fourth-order valence-corrected chi connectivity index (χ4v) is 5.09. The molecule has 2 aliphatic carbocycles. The molecule has 0 spiro atoms. The number of rotatable bonds is 4. The van der Waals surface area contributed by atoms with Crippen LogP contribution in [0.5, 0.6) is 0 Å². The Morgan fingerprint density at radius 3 is 2.09 bits per heavy atom.